The van der Waals surface area contributed by atoms with Gasteiger partial charge in [0.1, 0.15) is 18.2 Å². The van der Waals surface area contributed by atoms with Gasteiger partial charge in [-0.2, -0.15) is 0 Å². The molecule has 0 radical (unpaired) electrons. The van der Waals surface area contributed by atoms with Crippen LogP contribution in [0.5, 0.6) is 0 Å². The SMILES string of the molecule is CC(C)(C)OC(=O)NCC(=O)NC[C@H](NC(=O)OCC1c2ccccc2-c2ccccc21)C(=O)O. The van der Waals surface area contributed by atoms with E-state index in [1.54, 1.807) is 20.8 Å². The number of fused-ring (bicyclic) bond motifs is 3. The number of carbonyl (C=O) groups is 4. The zero-order valence-electron chi connectivity index (χ0n) is 19.8. The summed E-state index contributed by atoms with van der Waals surface area (Å²) in [5.41, 5.74) is 3.48. The Balaban J connectivity index is 1.50. The van der Waals surface area contributed by atoms with Gasteiger partial charge in [-0.25, -0.2) is 14.4 Å². The summed E-state index contributed by atoms with van der Waals surface area (Å²) in [6.45, 7) is 4.26. The smallest absolute Gasteiger partial charge is 0.408 e. The Hall–Kier alpha value is -4.08. The Labute approximate surface area is 203 Å². The molecule has 0 unspecified atom stereocenters. The van der Waals surface area contributed by atoms with Crippen LogP contribution in [0.1, 0.15) is 37.8 Å². The second kappa shape index (κ2) is 10.9. The Kier molecular flexibility index (Phi) is 7.95. The fourth-order valence-corrected chi connectivity index (χ4v) is 3.73. The van der Waals surface area contributed by atoms with Crippen molar-refractivity contribution in [2.45, 2.75) is 38.3 Å². The van der Waals surface area contributed by atoms with Crippen molar-refractivity contribution in [3.8, 4) is 11.1 Å². The number of hydrogen-bond donors (Lipinski definition) is 4. The highest BCUT2D eigenvalue weighted by Gasteiger charge is 2.30. The van der Waals surface area contributed by atoms with Gasteiger partial charge in [-0.3, -0.25) is 4.79 Å². The molecule has 4 N–H and O–H groups in total. The van der Waals surface area contributed by atoms with Gasteiger partial charge in [-0.1, -0.05) is 48.5 Å². The predicted octanol–water partition coefficient (Wildman–Crippen LogP) is 2.62. The first-order valence-corrected chi connectivity index (χ1v) is 11.1. The van der Waals surface area contributed by atoms with Crippen LogP contribution in [0.25, 0.3) is 11.1 Å². The molecule has 10 nitrogen and oxygen atoms in total. The molecule has 3 rings (SSSR count). The number of ether oxygens (including phenoxy) is 2. The molecule has 0 saturated heterocycles. The van der Waals surface area contributed by atoms with Gasteiger partial charge in [0.15, 0.2) is 0 Å². The van der Waals surface area contributed by atoms with E-state index < -0.39 is 48.8 Å². The highest BCUT2D eigenvalue weighted by Crippen LogP contribution is 2.44. The maximum atomic E-state index is 12.3. The van der Waals surface area contributed by atoms with Crippen molar-refractivity contribution in [3.63, 3.8) is 0 Å². The number of amides is 3. The highest BCUT2D eigenvalue weighted by molar-refractivity contribution is 5.84. The fraction of sp³-hybridized carbons (Fsp3) is 0.360. The average Bonchev–Trinajstić information content (AvgIpc) is 3.11. The van der Waals surface area contributed by atoms with E-state index in [2.05, 4.69) is 16.0 Å². The summed E-state index contributed by atoms with van der Waals surface area (Å²) < 4.78 is 10.4. The molecule has 0 saturated carbocycles. The normalized spacial score (nSPS) is 13.1. The van der Waals surface area contributed by atoms with E-state index in [1.807, 2.05) is 48.5 Å². The van der Waals surface area contributed by atoms with Crippen LogP contribution in [0.3, 0.4) is 0 Å². The zero-order chi connectivity index (χ0) is 25.6. The lowest BCUT2D eigenvalue weighted by Gasteiger charge is -2.20. The number of carbonyl (C=O) groups excluding carboxylic acids is 3. The van der Waals surface area contributed by atoms with E-state index in [4.69, 9.17) is 9.47 Å². The lowest BCUT2D eigenvalue weighted by Crippen LogP contribution is -2.50. The number of carboxylic acids is 1. The number of benzene rings is 2. The number of nitrogens with one attached hydrogen (secondary N) is 3. The summed E-state index contributed by atoms with van der Waals surface area (Å²) >= 11 is 0. The minimum absolute atomic E-state index is 0.0262. The monoisotopic (exact) mass is 483 g/mol. The largest absolute Gasteiger partial charge is 0.480 e. The van der Waals surface area contributed by atoms with E-state index in [1.165, 1.54) is 0 Å². The van der Waals surface area contributed by atoms with Crippen LogP contribution in [-0.2, 0) is 19.1 Å². The van der Waals surface area contributed by atoms with Crippen LogP contribution >= 0.6 is 0 Å². The van der Waals surface area contributed by atoms with Gasteiger partial charge >= 0.3 is 18.2 Å². The first-order valence-electron chi connectivity index (χ1n) is 11.1. The third kappa shape index (κ3) is 6.95. The van der Waals surface area contributed by atoms with Crippen LogP contribution in [0.4, 0.5) is 9.59 Å². The summed E-state index contributed by atoms with van der Waals surface area (Å²) in [4.78, 5) is 47.4. The summed E-state index contributed by atoms with van der Waals surface area (Å²) in [7, 11) is 0. The summed E-state index contributed by atoms with van der Waals surface area (Å²) in [5, 5.41) is 16.3. The molecule has 0 aromatic heterocycles. The molecule has 3 amide bonds. The molecule has 2 aromatic carbocycles. The Morgan fingerprint density at radius 1 is 0.914 bits per heavy atom. The standard InChI is InChI=1S/C25H29N3O7/c1-25(2,3)35-23(32)27-13-21(29)26-12-20(22(30)31)28-24(33)34-14-19-17-10-6-4-8-15(17)16-9-5-7-11-18(16)19/h4-11,19-20H,12-14H2,1-3H3,(H,26,29)(H,27,32)(H,28,33)(H,30,31)/t20-/m0/s1. The van der Waals surface area contributed by atoms with E-state index >= 15 is 0 Å². The average molecular weight is 484 g/mol. The number of aliphatic carboxylic acids is 1. The fourth-order valence-electron chi connectivity index (χ4n) is 3.73. The Morgan fingerprint density at radius 3 is 2.03 bits per heavy atom. The summed E-state index contributed by atoms with van der Waals surface area (Å²) in [6.07, 6.45) is -1.69. The number of alkyl carbamates (subject to hydrolysis) is 2. The topological polar surface area (TPSA) is 143 Å². The molecule has 186 valence electrons. The lowest BCUT2D eigenvalue weighted by atomic mass is 9.98. The first-order chi connectivity index (χ1) is 16.5. The van der Waals surface area contributed by atoms with Gasteiger partial charge in [0, 0.05) is 12.5 Å². The first kappa shape index (κ1) is 25.5. The van der Waals surface area contributed by atoms with Crippen molar-refractivity contribution in [2.75, 3.05) is 19.7 Å². The predicted molar refractivity (Wildman–Crippen MR) is 127 cm³/mol. The lowest BCUT2D eigenvalue weighted by molar-refractivity contribution is -0.139. The number of hydrogen-bond acceptors (Lipinski definition) is 6. The third-order valence-corrected chi connectivity index (χ3v) is 5.23. The molecule has 10 heteroatoms. The molecule has 0 heterocycles. The molecule has 0 fully saturated rings. The minimum atomic E-state index is -1.42. The van der Waals surface area contributed by atoms with Crippen molar-refractivity contribution in [2.24, 2.45) is 0 Å². The van der Waals surface area contributed by atoms with Crippen molar-refractivity contribution < 1.29 is 33.8 Å². The maximum Gasteiger partial charge on any atom is 0.408 e. The van der Waals surface area contributed by atoms with E-state index in [0.29, 0.717) is 0 Å². The molecule has 1 aliphatic rings. The van der Waals surface area contributed by atoms with E-state index in [0.717, 1.165) is 22.3 Å². The second-order valence-corrected chi connectivity index (χ2v) is 9.02. The van der Waals surface area contributed by atoms with Crippen molar-refractivity contribution in [1.82, 2.24) is 16.0 Å². The minimum Gasteiger partial charge on any atom is -0.480 e. The van der Waals surface area contributed by atoms with Gasteiger partial charge in [-0.05, 0) is 43.0 Å². The summed E-state index contributed by atoms with van der Waals surface area (Å²) in [5.74, 6) is -2.16. The molecule has 0 bridgehead atoms. The van der Waals surface area contributed by atoms with Gasteiger partial charge in [0.25, 0.3) is 0 Å². The molecular formula is C25H29N3O7. The Morgan fingerprint density at radius 2 is 1.49 bits per heavy atom. The van der Waals surface area contributed by atoms with E-state index in [9.17, 15) is 24.3 Å². The van der Waals surface area contributed by atoms with Gasteiger partial charge in [0.2, 0.25) is 5.91 Å². The molecule has 2 aromatic rings. The van der Waals surface area contributed by atoms with Crippen LogP contribution in [-0.4, -0.2) is 60.5 Å². The quantitative estimate of drug-likeness (QED) is 0.452. The Bertz CT molecular complexity index is 1060. The van der Waals surface area contributed by atoms with Crippen molar-refractivity contribution in [1.29, 1.82) is 0 Å². The van der Waals surface area contributed by atoms with Gasteiger partial charge < -0.3 is 30.5 Å². The second-order valence-electron chi connectivity index (χ2n) is 9.02. The van der Waals surface area contributed by atoms with Crippen LogP contribution in [0.15, 0.2) is 48.5 Å². The van der Waals surface area contributed by atoms with Crippen LogP contribution < -0.4 is 16.0 Å². The molecular weight excluding hydrogens is 454 g/mol. The maximum absolute atomic E-state index is 12.3. The van der Waals surface area contributed by atoms with Crippen LogP contribution in [0, 0.1) is 0 Å². The molecule has 0 spiro atoms. The number of carboxylic acid groups (broad SMARTS) is 1. The van der Waals surface area contributed by atoms with Crippen molar-refractivity contribution >= 4 is 24.1 Å². The molecule has 1 atom stereocenters. The zero-order valence-corrected chi connectivity index (χ0v) is 19.8. The van der Waals surface area contributed by atoms with E-state index in [-0.39, 0.29) is 12.5 Å². The van der Waals surface area contributed by atoms with Gasteiger partial charge in [0.05, 0.1) is 6.54 Å². The summed E-state index contributed by atoms with van der Waals surface area (Å²) in [6, 6.07) is 14.3. The number of rotatable bonds is 8. The third-order valence-electron chi connectivity index (χ3n) is 5.23. The van der Waals surface area contributed by atoms with Gasteiger partial charge in [-0.15, -0.1) is 0 Å². The highest BCUT2D eigenvalue weighted by atomic mass is 16.6. The molecule has 1 aliphatic carbocycles. The van der Waals surface area contributed by atoms with Crippen LogP contribution in [0.2, 0.25) is 0 Å². The molecule has 35 heavy (non-hydrogen) atoms. The van der Waals surface area contributed by atoms with Crippen molar-refractivity contribution in [3.05, 3.63) is 59.7 Å². The molecule has 0 aliphatic heterocycles.